The lowest BCUT2D eigenvalue weighted by molar-refractivity contribution is -0.140. The molecule has 0 spiro atoms. The van der Waals surface area contributed by atoms with Crippen LogP contribution < -0.4 is 10.1 Å². The first-order valence-electron chi connectivity index (χ1n) is 9.40. The van der Waals surface area contributed by atoms with Crippen LogP contribution in [0.3, 0.4) is 0 Å². The summed E-state index contributed by atoms with van der Waals surface area (Å²) >= 11 is 0. The Labute approximate surface area is 165 Å². The van der Waals surface area contributed by atoms with Crippen LogP contribution in [0.4, 0.5) is 0 Å². The molecule has 1 amide bonds. The van der Waals surface area contributed by atoms with Gasteiger partial charge < -0.3 is 19.9 Å². The summed E-state index contributed by atoms with van der Waals surface area (Å²) in [4.78, 5) is 23.0. The Bertz CT molecular complexity index is 761. The molecular weight excluding hydrogens is 358 g/mol. The molecule has 0 fully saturated rings. The van der Waals surface area contributed by atoms with Gasteiger partial charge in [0.25, 0.3) is 0 Å². The molecule has 0 unspecified atom stereocenters. The number of carbonyl (C=O) groups excluding carboxylic acids is 2. The monoisotopic (exact) mass is 385 g/mol. The Balaban J connectivity index is 1.72. The van der Waals surface area contributed by atoms with E-state index in [0.717, 1.165) is 11.1 Å². The molecule has 6 heteroatoms. The number of phenolic OH excluding ortho intramolecular Hbond substituents is 1. The number of benzene rings is 2. The van der Waals surface area contributed by atoms with E-state index in [1.165, 1.54) is 7.11 Å². The molecule has 2 aromatic carbocycles. The van der Waals surface area contributed by atoms with Gasteiger partial charge in [0.15, 0.2) is 11.5 Å². The van der Waals surface area contributed by atoms with Crippen LogP contribution in [-0.4, -0.2) is 37.2 Å². The minimum Gasteiger partial charge on any atom is -0.504 e. The molecule has 0 aliphatic heterocycles. The van der Waals surface area contributed by atoms with Crippen molar-refractivity contribution in [2.24, 2.45) is 0 Å². The molecule has 150 valence electrons. The molecule has 0 aliphatic carbocycles. The second kappa shape index (κ2) is 11.6. The molecule has 2 rings (SSSR count). The van der Waals surface area contributed by atoms with Crippen molar-refractivity contribution in [1.29, 1.82) is 0 Å². The lowest BCUT2D eigenvalue weighted by Gasteiger charge is -2.10. The first-order valence-corrected chi connectivity index (χ1v) is 9.40. The average Bonchev–Trinajstić information content (AvgIpc) is 2.70. The van der Waals surface area contributed by atoms with Crippen LogP contribution in [0.2, 0.25) is 0 Å². The van der Waals surface area contributed by atoms with Gasteiger partial charge in [-0.2, -0.15) is 0 Å². The van der Waals surface area contributed by atoms with E-state index >= 15 is 0 Å². The lowest BCUT2D eigenvalue weighted by Crippen LogP contribution is -2.27. The molecule has 0 aromatic heterocycles. The van der Waals surface area contributed by atoms with E-state index < -0.39 is 0 Å². The minimum absolute atomic E-state index is 0.0212. The van der Waals surface area contributed by atoms with E-state index in [0.29, 0.717) is 51.0 Å². The van der Waals surface area contributed by atoms with Crippen LogP contribution in [-0.2, 0) is 27.2 Å². The molecule has 0 heterocycles. The Hall–Kier alpha value is -3.02. The fraction of sp³-hybridized carbons (Fsp3) is 0.364. The number of methoxy groups -OCH3 is 1. The Morgan fingerprint density at radius 1 is 1.04 bits per heavy atom. The molecule has 6 nitrogen and oxygen atoms in total. The normalized spacial score (nSPS) is 10.3. The minimum atomic E-state index is -0.237. The van der Waals surface area contributed by atoms with Gasteiger partial charge in [0.05, 0.1) is 20.1 Å². The van der Waals surface area contributed by atoms with Gasteiger partial charge in [-0.25, -0.2) is 0 Å². The zero-order valence-electron chi connectivity index (χ0n) is 16.1. The van der Waals surface area contributed by atoms with Crippen LogP contribution in [0.5, 0.6) is 11.5 Å². The highest BCUT2D eigenvalue weighted by atomic mass is 16.5. The largest absolute Gasteiger partial charge is 0.504 e. The number of unbranched alkanes of at least 4 members (excludes halogenated alkanes) is 1. The number of hydrogen-bond donors (Lipinski definition) is 2. The van der Waals surface area contributed by atoms with Crippen molar-refractivity contribution in [3.05, 3.63) is 59.7 Å². The Kier molecular flexibility index (Phi) is 8.85. The maximum Gasteiger partial charge on any atom is 0.305 e. The summed E-state index contributed by atoms with van der Waals surface area (Å²) in [7, 11) is 1.37. The standard InChI is InChI=1S/C22H27NO5/c1-27-22(26)9-5-6-14-28-20-15-18(10-11-19(20)24)12-13-23-21(25)16-17-7-3-2-4-8-17/h2-4,7-8,10-11,15,24H,5-6,9,12-14,16H2,1H3,(H,23,25). The summed E-state index contributed by atoms with van der Waals surface area (Å²) in [6.45, 7) is 0.914. The molecule has 0 bridgehead atoms. The number of amides is 1. The zero-order chi connectivity index (χ0) is 20.2. The van der Waals surface area contributed by atoms with Gasteiger partial charge >= 0.3 is 5.97 Å². The van der Waals surface area contributed by atoms with Crippen LogP contribution in [0.25, 0.3) is 0 Å². The number of nitrogens with one attached hydrogen (secondary N) is 1. The molecule has 0 atom stereocenters. The second-order valence-electron chi connectivity index (χ2n) is 6.45. The van der Waals surface area contributed by atoms with E-state index in [2.05, 4.69) is 10.1 Å². The van der Waals surface area contributed by atoms with E-state index in [1.807, 2.05) is 36.4 Å². The van der Waals surface area contributed by atoms with Crippen molar-refractivity contribution in [3.63, 3.8) is 0 Å². The van der Waals surface area contributed by atoms with E-state index in [4.69, 9.17) is 4.74 Å². The number of esters is 1. The second-order valence-corrected chi connectivity index (χ2v) is 6.45. The van der Waals surface area contributed by atoms with Gasteiger partial charge in [-0.15, -0.1) is 0 Å². The first-order chi connectivity index (χ1) is 13.6. The number of aromatic hydroxyl groups is 1. The van der Waals surface area contributed by atoms with E-state index in [1.54, 1.807) is 12.1 Å². The average molecular weight is 385 g/mol. The molecule has 0 saturated carbocycles. The topological polar surface area (TPSA) is 84.9 Å². The van der Waals surface area contributed by atoms with Gasteiger partial charge in [-0.1, -0.05) is 36.4 Å². The summed E-state index contributed by atoms with van der Waals surface area (Å²) < 4.78 is 10.2. The van der Waals surface area contributed by atoms with Gasteiger partial charge in [0.2, 0.25) is 5.91 Å². The van der Waals surface area contributed by atoms with Crippen LogP contribution >= 0.6 is 0 Å². The smallest absolute Gasteiger partial charge is 0.305 e. The highest BCUT2D eigenvalue weighted by molar-refractivity contribution is 5.78. The highest BCUT2D eigenvalue weighted by Gasteiger charge is 2.07. The fourth-order valence-electron chi connectivity index (χ4n) is 2.68. The van der Waals surface area contributed by atoms with Crippen LogP contribution in [0.15, 0.2) is 48.5 Å². The third-order valence-corrected chi connectivity index (χ3v) is 4.23. The zero-order valence-corrected chi connectivity index (χ0v) is 16.1. The summed E-state index contributed by atoms with van der Waals surface area (Å²) in [6, 6.07) is 14.8. The number of rotatable bonds is 11. The predicted octanol–water partition coefficient (Wildman–Crippen LogP) is 3.02. The molecule has 0 aliphatic rings. The van der Waals surface area contributed by atoms with Crippen molar-refractivity contribution >= 4 is 11.9 Å². The van der Waals surface area contributed by atoms with Gasteiger partial charge in [-0.05, 0) is 42.5 Å². The molecule has 2 aromatic rings. The van der Waals surface area contributed by atoms with Crippen molar-refractivity contribution in [2.75, 3.05) is 20.3 Å². The number of phenols is 1. The molecule has 0 saturated heterocycles. The molecular formula is C22H27NO5. The third-order valence-electron chi connectivity index (χ3n) is 4.23. The maximum atomic E-state index is 12.0. The lowest BCUT2D eigenvalue weighted by atomic mass is 10.1. The molecule has 0 radical (unpaired) electrons. The predicted molar refractivity (Wildman–Crippen MR) is 106 cm³/mol. The summed E-state index contributed by atoms with van der Waals surface area (Å²) in [5.41, 5.74) is 1.94. The van der Waals surface area contributed by atoms with Gasteiger partial charge in [-0.3, -0.25) is 9.59 Å². The SMILES string of the molecule is COC(=O)CCCCOc1cc(CCNC(=O)Cc2ccccc2)ccc1O. The van der Waals surface area contributed by atoms with Crippen molar-refractivity contribution in [1.82, 2.24) is 5.32 Å². The van der Waals surface area contributed by atoms with Crippen molar-refractivity contribution in [2.45, 2.75) is 32.1 Å². The summed E-state index contributed by atoms with van der Waals surface area (Å²) in [5, 5.41) is 12.8. The third kappa shape index (κ3) is 7.70. The number of ether oxygens (including phenoxy) is 2. The number of hydrogen-bond acceptors (Lipinski definition) is 5. The van der Waals surface area contributed by atoms with Gasteiger partial charge in [0, 0.05) is 13.0 Å². The fourth-order valence-corrected chi connectivity index (χ4v) is 2.68. The van der Waals surface area contributed by atoms with E-state index in [-0.39, 0.29) is 17.6 Å². The molecule has 2 N–H and O–H groups in total. The van der Waals surface area contributed by atoms with Crippen molar-refractivity contribution in [3.8, 4) is 11.5 Å². The summed E-state index contributed by atoms with van der Waals surface area (Å²) in [6.07, 6.45) is 2.71. The first kappa shape index (κ1) is 21.3. The highest BCUT2D eigenvalue weighted by Crippen LogP contribution is 2.27. The number of carbonyl (C=O) groups is 2. The quantitative estimate of drug-likeness (QED) is 0.459. The van der Waals surface area contributed by atoms with Crippen LogP contribution in [0.1, 0.15) is 30.4 Å². The Morgan fingerprint density at radius 2 is 1.82 bits per heavy atom. The van der Waals surface area contributed by atoms with Crippen LogP contribution in [0, 0.1) is 0 Å². The van der Waals surface area contributed by atoms with E-state index in [9.17, 15) is 14.7 Å². The van der Waals surface area contributed by atoms with Crippen molar-refractivity contribution < 1.29 is 24.2 Å². The Morgan fingerprint density at radius 3 is 2.57 bits per heavy atom. The molecule has 28 heavy (non-hydrogen) atoms. The maximum absolute atomic E-state index is 12.0. The summed E-state index contributed by atoms with van der Waals surface area (Å²) in [5.74, 6) is 0.224. The van der Waals surface area contributed by atoms with Gasteiger partial charge in [0.1, 0.15) is 0 Å².